The van der Waals surface area contributed by atoms with E-state index in [2.05, 4.69) is 42.0 Å². The summed E-state index contributed by atoms with van der Waals surface area (Å²) in [6.07, 6.45) is 3.08. The molecule has 0 radical (unpaired) electrons. The van der Waals surface area contributed by atoms with E-state index in [1.807, 2.05) is 12.1 Å². The molecule has 3 aromatic rings. The lowest BCUT2D eigenvalue weighted by Gasteiger charge is -2.11. The summed E-state index contributed by atoms with van der Waals surface area (Å²) < 4.78 is 8.04. The molecule has 0 atom stereocenters. The van der Waals surface area contributed by atoms with E-state index in [0.717, 1.165) is 35.9 Å². The first-order valence-corrected chi connectivity index (χ1v) is 7.58. The Hall–Kier alpha value is -1.93. The van der Waals surface area contributed by atoms with Crippen LogP contribution in [0.5, 0.6) is 5.75 Å². The van der Waals surface area contributed by atoms with E-state index in [4.69, 9.17) is 16.3 Å². The van der Waals surface area contributed by atoms with Crippen LogP contribution in [0.4, 0.5) is 0 Å². The summed E-state index contributed by atoms with van der Waals surface area (Å²) >= 11 is 6.24. The second-order valence-electron chi connectivity index (χ2n) is 5.66. The fourth-order valence-corrected chi connectivity index (χ4v) is 3.37. The average Bonchev–Trinajstić information content (AvgIpc) is 3.05. The van der Waals surface area contributed by atoms with Crippen LogP contribution >= 0.6 is 11.6 Å². The van der Waals surface area contributed by atoms with Crippen molar-refractivity contribution >= 4 is 22.5 Å². The fraction of sp³-hybridized carbons (Fsp3) is 0.222. The van der Waals surface area contributed by atoms with Gasteiger partial charge in [0, 0.05) is 28.7 Å². The predicted octanol–water partition coefficient (Wildman–Crippen LogP) is 4.59. The molecule has 2 aromatic carbocycles. The lowest BCUT2D eigenvalue weighted by atomic mass is 10.1. The third kappa shape index (κ3) is 2.20. The predicted molar refractivity (Wildman–Crippen MR) is 86.4 cm³/mol. The number of nitrogens with zero attached hydrogens (tertiary/aromatic N) is 1. The molecule has 0 saturated heterocycles. The Morgan fingerprint density at radius 3 is 3.00 bits per heavy atom. The Balaban J connectivity index is 1.79. The van der Waals surface area contributed by atoms with Crippen LogP contribution in [0.2, 0.25) is 5.02 Å². The van der Waals surface area contributed by atoms with Crippen LogP contribution in [0.15, 0.2) is 42.6 Å². The number of hydrogen-bond donors (Lipinski definition) is 0. The van der Waals surface area contributed by atoms with E-state index in [-0.39, 0.29) is 0 Å². The Bertz CT molecular complexity index is 835. The minimum absolute atomic E-state index is 0.758. The number of aromatic nitrogens is 1. The Morgan fingerprint density at radius 1 is 1.19 bits per heavy atom. The number of rotatable bonds is 2. The molecule has 0 saturated carbocycles. The molecule has 0 N–H and O–H groups in total. The van der Waals surface area contributed by atoms with Gasteiger partial charge >= 0.3 is 0 Å². The largest absolute Gasteiger partial charge is 0.493 e. The summed E-state index contributed by atoms with van der Waals surface area (Å²) in [6.45, 7) is 3.66. The quantitative estimate of drug-likeness (QED) is 0.675. The molecule has 0 aliphatic carbocycles. The summed E-state index contributed by atoms with van der Waals surface area (Å²) in [5, 5.41) is 2.07. The molecule has 21 heavy (non-hydrogen) atoms. The van der Waals surface area contributed by atoms with Gasteiger partial charge in [-0.15, -0.1) is 0 Å². The minimum Gasteiger partial charge on any atom is -0.493 e. The molecular weight excluding hydrogens is 282 g/mol. The molecule has 2 heterocycles. The second-order valence-corrected chi connectivity index (χ2v) is 6.09. The zero-order valence-corrected chi connectivity index (χ0v) is 12.7. The van der Waals surface area contributed by atoms with Crippen molar-refractivity contribution in [1.82, 2.24) is 4.57 Å². The van der Waals surface area contributed by atoms with Gasteiger partial charge in [-0.3, -0.25) is 0 Å². The van der Waals surface area contributed by atoms with Gasteiger partial charge in [0.05, 0.1) is 13.2 Å². The van der Waals surface area contributed by atoms with Crippen LogP contribution < -0.4 is 4.74 Å². The molecule has 1 aliphatic heterocycles. The van der Waals surface area contributed by atoms with Crippen LogP contribution in [-0.2, 0) is 13.0 Å². The number of ether oxygens (including phenoxy) is 1. The highest BCUT2D eigenvalue weighted by atomic mass is 35.5. The summed E-state index contributed by atoms with van der Waals surface area (Å²) in [5.41, 5.74) is 4.91. The van der Waals surface area contributed by atoms with Crippen molar-refractivity contribution in [3.8, 4) is 5.75 Å². The summed E-state index contributed by atoms with van der Waals surface area (Å²) in [4.78, 5) is 0. The fourth-order valence-electron chi connectivity index (χ4n) is 3.10. The second kappa shape index (κ2) is 4.81. The standard InChI is InChI=1S/C18H16ClNO/c1-12-2-3-17-13(8-12)4-6-20(17)11-15-10-16(19)9-14-5-7-21-18(14)15/h2-4,6,8-10H,5,7,11H2,1H3. The van der Waals surface area contributed by atoms with E-state index < -0.39 is 0 Å². The van der Waals surface area contributed by atoms with E-state index in [1.165, 1.54) is 22.0 Å². The third-order valence-electron chi connectivity index (χ3n) is 4.09. The molecule has 2 nitrogen and oxygen atoms in total. The molecule has 1 aromatic heterocycles. The van der Waals surface area contributed by atoms with Gasteiger partial charge < -0.3 is 9.30 Å². The number of benzene rings is 2. The molecule has 0 unspecified atom stereocenters. The van der Waals surface area contributed by atoms with Gasteiger partial charge in [0.15, 0.2) is 0 Å². The zero-order chi connectivity index (χ0) is 14.4. The number of hydrogen-bond acceptors (Lipinski definition) is 1. The zero-order valence-electron chi connectivity index (χ0n) is 11.9. The van der Waals surface area contributed by atoms with Crippen molar-refractivity contribution < 1.29 is 4.74 Å². The normalized spacial score (nSPS) is 13.4. The summed E-state index contributed by atoms with van der Waals surface area (Å²) in [6, 6.07) is 12.7. The lowest BCUT2D eigenvalue weighted by Crippen LogP contribution is -2.00. The first-order valence-electron chi connectivity index (χ1n) is 7.20. The van der Waals surface area contributed by atoms with Gasteiger partial charge in [-0.1, -0.05) is 23.2 Å². The molecule has 4 rings (SSSR count). The van der Waals surface area contributed by atoms with Crippen molar-refractivity contribution in [2.24, 2.45) is 0 Å². The maximum atomic E-state index is 6.24. The SMILES string of the molecule is Cc1ccc2c(ccn2Cc2cc(Cl)cc3c2OCC3)c1. The highest BCUT2D eigenvalue weighted by molar-refractivity contribution is 6.30. The number of halogens is 1. The van der Waals surface area contributed by atoms with Crippen LogP contribution in [0.25, 0.3) is 10.9 Å². The third-order valence-corrected chi connectivity index (χ3v) is 4.31. The molecule has 106 valence electrons. The van der Waals surface area contributed by atoms with Crippen LogP contribution in [-0.4, -0.2) is 11.2 Å². The van der Waals surface area contributed by atoms with E-state index in [1.54, 1.807) is 0 Å². The van der Waals surface area contributed by atoms with Crippen LogP contribution in [0.3, 0.4) is 0 Å². The van der Waals surface area contributed by atoms with Gasteiger partial charge in [0.2, 0.25) is 0 Å². The smallest absolute Gasteiger partial charge is 0.127 e. The Kier molecular flexibility index (Phi) is 2.93. The van der Waals surface area contributed by atoms with E-state index >= 15 is 0 Å². The van der Waals surface area contributed by atoms with Crippen LogP contribution in [0.1, 0.15) is 16.7 Å². The highest BCUT2D eigenvalue weighted by Crippen LogP contribution is 2.34. The Morgan fingerprint density at radius 2 is 2.10 bits per heavy atom. The number of fused-ring (bicyclic) bond motifs is 2. The molecule has 0 fully saturated rings. The van der Waals surface area contributed by atoms with Crippen molar-refractivity contribution in [2.45, 2.75) is 19.9 Å². The average molecular weight is 298 g/mol. The Labute approximate surface area is 128 Å². The van der Waals surface area contributed by atoms with Gasteiger partial charge in [-0.25, -0.2) is 0 Å². The molecule has 0 spiro atoms. The minimum atomic E-state index is 0.758. The summed E-state index contributed by atoms with van der Waals surface area (Å²) in [7, 11) is 0. The lowest BCUT2D eigenvalue weighted by molar-refractivity contribution is 0.353. The van der Waals surface area contributed by atoms with Gasteiger partial charge in [-0.2, -0.15) is 0 Å². The van der Waals surface area contributed by atoms with Gasteiger partial charge in [0.25, 0.3) is 0 Å². The highest BCUT2D eigenvalue weighted by Gasteiger charge is 2.18. The monoisotopic (exact) mass is 297 g/mol. The maximum absolute atomic E-state index is 6.24. The molecule has 3 heteroatoms. The van der Waals surface area contributed by atoms with E-state index in [9.17, 15) is 0 Å². The molecule has 0 amide bonds. The van der Waals surface area contributed by atoms with Gasteiger partial charge in [-0.05, 0) is 48.2 Å². The topological polar surface area (TPSA) is 14.2 Å². The summed E-state index contributed by atoms with van der Waals surface area (Å²) in [5.74, 6) is 1.02. The maximum Gasteiger partial charge on any atom is 0.127 e. The molecule has 1 aliphatic rings. The van der Waals surface area contributed by atoms with Crippen molar-refractivity contribution in [2.75, 3.05) is 6.61 Å². The molecule has 0 bridgehead atoms. The van der Waals surface area contributed by atoms with Crippen molar-refractivity contribution in [1.29, 1.82) is 0 Å². The van der Waals surface area contributed by atoms with Crippen LogP contribution in [0, 0.1) is 6.92 Å². The number of aryl methyl sites for hydroxylation is 1. The first-order chi connectivity index (χ1) is 10.2. The first kappa shape index (κ1) is 12.8. The van der Waals surface area contributed by atoms with Crippen molar-refractivity contribution in [3.63, 3.8) is 0 Å². The van der Waals surface area contributed by atoms with Crippen molar-refractivity contribution in [3.05, 3.63) is 64.3 Å². The van der Waals surface area contributed by atoms with E-state index in [0.29, 0.717) is 0 Å². The van der Waals surface area contributed by atoms with Gasteiger partial charge in [0.1, 0.15) is 5.75 Å². The molecular formula is C18H16ClNO.